The second-order valence-corrected chi connectivity index (χ2v) is 6.06. The first-order chi connectivity index (χ1) is 13.0. The first-order valence-electron chi connectivity index (χ1n) is 8.02. The molecule has 0 unspecified atom stereocenters. The third kappa shape index (κ3) is 4.83. The fraction of sp³-hybridized carbons (Fsp3) is 0.0500. The first-order valence-corrected chi connectivity index (χ1v) is 8.39. The lowest BCUT2D eigenvalue weighted by Crippen LogP contribution is -2.19. The highest BCUT2D eigenvalue weighted by molar-refractivity contribution is 6.33. The number of nitrogens with one attached hydrogen (secondary N) is 1. The fourth-order valence-electron chi connectivity index (χ4n) is 2.41. The second-order valence-electron chi connectivity index (χ2n) is 5.66. The number of furan rings is 1. The maximum absolute atomic E-state index is 11.8. The average molecular weight is 383 g/mol. The van der Waals surface area contributed by atoms with Crippen LogP contribution in [-0.4, -0.2) is 23.2 Å². The molecule has 2 aromatic carbocycles. The Hall–Kier alpha value is -3.38. The van der Waals surface area contributed by atoms with Crippen LogP contribution in [0.15, 0.2) is 70.2 Å². The number of amides is 1. The summed E-state index contributed by atoms with van der Waals surface area (Å²) in [5.41, 5.74) is 4.00. The number of benzene rings is 2. The molecule has 7 heteroatoms. The van der Waals surface area contributed by atoms with Gasteiger partial charge in [-0.15, -0.1) is 0 Å². The summed E-state index contributed by atoms with van der Waals surface area (Å²) in [6.45, 7) is 0. The predicted molar refractivity (Wildman–Crippen MR) is 102 cm³/mol. The molecule has 0 bridgehead atoms. The van der Waals surface area contributed by atoms with Crippen molar-refractivity contribution in [2.45, 2.75) is 6.42 Å². The fourth-order valence-corrected chi connectivity index (χ4v) is 2.67. The van der Waals surface area contributed by atoms with E-state index in [1.807, 2.05) is 30.3 Å². The number of carbonyl (C=O) groups is 2. The monoisotopic (exact) mass is 382 g/mol. The van der Waals surface area contributed by atoms with Crippen LogP contribution < -0.4 is 5.43 Å². The summed E-state index contributed by atoms with van der Waals surface area (Å²) in [5, 5.41) is 13.0. The van der Waals surface area contributed by atoms with E-state index in [4.69, 9.17) is 21.1 Å². The number of hydrogen-bond donors (Lipinski definition) is 2. The molecular formula is C20H15ClN2O4. The van der Waals surface area contributed by atoms with E-state index in [-0.39, 0.29) is 22.9 Å². The highest BCUT2D eigenvalue weighted by Crippen LogP contribution is 2.27. The first kappa shape index (κ1) is 18.4. The van der Waals surface area contributed by atoms with E-state index in [0.717, 1.165) is 5.56 Å². The molecule has 1 aromatic heterocycles. The Balaban J connectivity index is 1.62. The number of hydrazone groups is 1. The maximum atomic E-state index is 11.8. The summed E-state index contributed by atoms with van der Waals surface area (Å²) < 4.78 is 5.62. The molecule has 1 amide bonds. The molecule has 136 valence electrons. The standard InChI is InChI=1S/C20H15ClN2O4/c21-17-11-14(6-8-16(17)20(25)26)18-9-7-15(27-18)12-22-23-19(24)10-13-4-2-1-3-5-13/h1-9,11-12H,10H2,(H,23,24)(H,25,26)/b22-12+. The van der Waals surface area contributed by atoms with Gasteiger partial charge >= 0.3 is 5.97 Å². The molecule has 0 aliphatic heterocycles. The quantitative estimate of drug-likeness (QED) is 0.498. The summed E-state index contributed by atoms with van der Waals surface area (Å²) in [6.07, 6.45) is 1.62. The van der Waals surface area contributed by atoms with E-state index in [2.05, 4.69) is 10.5 Å². The summed E-state index contributed by atoms with van der Waals surface area (Å²) in [4.78, 5) is 22.8. The summed E-state index contributed by atoms with van der Waals surface area (Å²) in [6, 6.07) is 17.3. The molecule has 27 heavy (non-hydrogen) atoms. The number of carboxylic acids is 1. The molecule has 0 aliphatic rings. The molecule has 6 nitrogen and oxygen atoms in total. The van der Waals surface area contributed by atoms with Gasteiger partial charge in [0, 0.05) is 5.56 Å². The van der Waals surface area contributed by atoms with Crippen molar-refractivity contribution in [3.63, 3.8) is 0 Å². The lowest BCUT2D eigenvalue weighted by Gasteiger charge is -2.01. The molecule has 0 saturated heterocycles. The molecule has 0 spiro atoms. The minimum Gasteiger partial charge on any atom is -0.478 e. The summed E-state index contributed by atoms with van der Waals surface area (Å²) >= 11 is 5.97. The number of carbonyl (C=O) groups excluding carboxylic acids is 1. The highest BCUT2D eigenvalue weighted by atomic mass is 35.5. The molecule has 3 aromatic rings. The largest absolute Gasteiger partial charge is 0.478 e. The van der Waals surface area contributed by atoms with Gasteiger partial charge in [-0.3, -0.25) is 4.79 Å². The van der Waals surface area contributed by atoms with Gasteiger partial charge in [-0.2, -0.15) is 5.10 Å². The smallest absolute Gasteiger partial charge is 0.337 e. The van der Waals surface area contributed by atoms with Gasteiger partial charge in [0.2, 0.25) is 5.91 Å². The number of carboxylic acid groups (broad SMARTS) is 1. The van der Waals surface area contributed by atoms with Gasteiger partial charge in [-0.25, -0.2) is 10.2 Å². The summed E-state index contributed by atoms with van der Waals surface area (Å²) in [7, 11) is 0. The van der Waals surface area contributed by atoms with Crippen molar-refractivity contribution in [1.29, 1.82) is 0 Å². The number of nitrogens with zero attached hydrogens (tertiary/aromatic N) is 1. The van der Waals surface area contributed by atoms with Crippen LogP contribution in [0.4, 0.5) is 0 Å². The lowest BCUT2D eigenvalue weighted by molar-refractivity contribution is -0.120. The zero-order valence-corrected chi connectivity index (χ0v) is 14.8. The Morgan fingerprint density at radius 3 is 2.59 bits per heavy atom. The van der Waals surface area contributed by atoms with Crippen molar-refractivity contribution >= 4 is 29.7 Å². The van der Waals surface area contributed by atoms with Crippen molar-refractivity contribution in [3.05, 3.63) is 82.6 Å². The normalized spacial score (nSPS) is 10.9. The topological polar surface area (TPSA) is 91.9 Å². The number of halogens is 1. The minimum atomic E-state index is -1.09. The zero-order chi connectivity index (χ0) is 19.2. The van der Waals surface area contributed by atoms with Crippen LogP contribution in [0.2, 0.25) is 5.02 Å². The van der Waals surface area contributed by atoms with Crippen molar-refractivity contribution in [2.75, 3.05) is 0 Å². The molecule has 2 N–H and O–H groups in total. The molecule has 0 radical (unpaired) electrons. The predicted octanol–water partition coefficient (Wildman–Crippen LogP) is 3.99. The Morgan fingerprint density at radius 2 is 1.89 bits per heavy atom. The highest BCUT2D eigenvalue weighted by Gasteiger charge is 2.11. The van der Waals surface area contributed by atoms with Gasteiger partial charge in [0.15, 0.2) is 0 Å². The van der Waals surface area contributed by atoms with Crippen molar-refractivity contribution < 1.29 is 19.1 Å². The Kier molecular flexibility index (Phi) is 5.68. The Bertz CT molecular complexity index is 996. The van der Waals surface area contributed by atoms with Crippen LogP contribution in [0.3, 0.4) is 0 Å². The van der Waals surface area contributed by atoms with Crippen molar-refractivity contribution in [3.8, 4) is 11.3 Å². The van der Waals surface area contributed by atoms with Gasteiger partial charge in [0.25, 0.3) is 0 Å². The molecule has 0 saturated carbocycles. The number of hydrogen-bond acceptors (Lipinski definition) is 4. The van der Waals surface area contributed by atoms with Gasteiger partial charge in [0.1, 0.15) is 11.5 Å². The van der Waals surface area contributed by atoms with Crippen LogP contribution in [0.1, 0.15) is 21.7 Å². The van der Waals surface area contributed by atoms with Gasteiger partial charge in [-0.1, -0.05) is 48.0 Å². The Morgan fingerprint density at radius 1 is 1.11 bits per heavy atom. The van der Waals surface area contributed by atoms with Crippen molar-refractivity contribution in [1.82, 2.24) is 5.43 Å². The van der Waals surface area contributed by atoms with Crippen molar-refractivity contribution in [2.24, 2.45) is 5.10 Å². The Labute approximate surface area is 160 Å². The van der Waals surface area contributed by atoms with E-state index in [9.17, 15) is 9.59 Å². The van der Waals surface area contributed by atoms with Crippen LogP contribution >= 0.6 is 11.6 Å². The number of rotatable bonds is 6. The van der Waals surface area contributed by atoms with Crippen LogP contribution in [-0.2, 0) is 11.2 Å². The minimum absolute atomic E-state index is 0.0230. The van der Waals surface area contributed by atoms with Crippen LogP contribution in [0.5, 0.6) is 0 Å². The molecular weight excluding hydrogens is 368 g/mol. The van der Waals surface area contributed by atoms with Gasteiger partial charge in [-0.05, 0) is 29.8 Å². The molecule has 3 rings (SSSR count). The van der Waals surface area contributed by atoms with Gasteiger partial charge < -0.3 is 9.52 Å². The maximum Gasteiger partial charge on any atom is 0.337 e. The summed E-state index contributed by atoms with van der Waals surface area (Å²) in [5.74, 6) is -0.389. The van der Waals surface area contributed by atoms with E-state index in [0.29, 0.717) is 17.1 Å². The van der Waals surface area contributed by atoms with E-state index in [1.54, 1.807) is 18.2 Å². The third-order valence-electron chi connectivity index (χ3n) is 3.70. The second kappa shape index (κ2) is 8.33. The van der Waals surface area contributed by atoms with E-state index >= 15 is 0 Å². The zero-order valence-electron chi connectivity index (χ0n) is 14.1. The third-order valence-corrected chi connectivity index (χ3v) is 4.01. The molecule has 0 aliphatic carbocycles. The van der Waals surface area contributed by atoms with E-state index < -0.39 is 5.97 Å². The van der Waals surface area contributed by atoms with E-state index in [1.165, 1.54) is 18.3 Å². The van der Waals surface area contributed by atoms with Gasteiger partial charge in [0.05, 0.1) is 23.2 Å². The lowest BCUT2D eigenvalue weighted by atomic mass is 10.1. The molecule has 0 atom stereocenters. The number of aromatic carboxylic acids is 1. The molecule has 1 heterocycles. The molecule has 0 fully saturated rings. The average Bonchev–Trinajstić information content (AvgIpc) is 3.11. The SMILES string of the molecule is O=C(Cc1ccccc1)N/N=C/c1ccc(-c2ccc(C(=O)O)c(Cl)c2)o1. The van der Waals surface area contributed by atoms with Crippen LogP contribution in [0.25, 0.3) is 11.3 Å². The van der Waals surface area contributed by atoms with Crippen LogP contribution in [0, 0.1) is 0 Å².